The highest BCUT2D eigenvalue weighted by molar-refractivity contribution is 6.02. The number of nitrogens with zero attached hydrogens (tertiary/aromatic N) is 1. The fraction of sp³-hybridized carbons (Fsp3) is 0.455. The Bertz CT molecular complexity index is 473. The molecule has 0 aliphatic rings. The zero-order valence-electron chi connectivity index (χ0n) is 10.8. The molecule has 1 aromatic heterocycles. The normalized spacial score (nSPS) is 13.3. The lowest BCUT2D eigenvalue weighted by Gasteiger charge is -2.16. The van der Waals surface area contributed by atoms with E-state index in [1.165, 1.54) is 12.5 Å². The number of hydrogen-bond acceptors (Lipinski definition) is 6. The molecule has 1 amide bonds. The van der Waals surface area contributed by atoms with Gasteiger partial charge in [-0.2, -0.15) is 0 Å². The van der Waals surface area contributed by atoms with Gasteiger partial charge >= 0.3 is 11.9 Å². The summed E-state index contributed by atoms with van der Waals surface area (Å²) < 4.78 is 4.58. The van der Waals surface area contributed by atoms with Crippen molar-refractivity contribution in [3.8, 4) is 0 Å². The third-order valence-electron chi connectivity index (χ3n) is 2.42. The molecule has 1 heterocycles. The predicted octanol–water partition coefficient (Wildman–Crippen LogP) is -1.59. The Morgan fingerprint density at radius 2 is 2.25 bits per heavy atom. The minimum Gasteiger partial charge on any atom is -0.480 e. The maximum atomic E-state index is 11.7. The van der Waals surface area contributed by atoms with Crippen LogP contribution in [-0.4, -0.2) is 51.6 Å². The molecule has 0 spiro atoms. The molecule has 5 N–H and O–H groups in total. The number of nitrogens with two attached hydrogens (primary N) is 1. The summed E-state index contributed by atoms with van der Waals surface area (Å²) in [5, 5.41) is 11.2. The molecule has 20 heavy (non-hydrogen) atoms. The van der Waals surface area contributed by atoms with Crippen molar-refractivity contribution in [1.82, 2.24) is 15.3 Å². The number of nitrogens with one attached hydrogen (secondary N) is 2. The van der Waals surface area contributed by atoms with Gasteiger partial charge < -0.3 is 25.9 Å². The van der Waals surface area contributed by atoms with E-state index < -0.39 is 29.9 Å². The minimum atomic E-state index is -1.56. The van der Waals surface area contributed by atoms with E-state index in [9.17, 15) is 14.4 Å². The number of amides is 1. The van der Waals surface area contributed by atoms with E-state index >= 15 is 0 Å². The summed E-state index contributed by atoms with van der Waals surface area (Å²) in [4.78, 5) is 40.5. The number of carboxylic acid groups (broad SMARTS) is 1. The summed E-state index contributed by atoms with van der Waals surface area (Å²) in [5.74, 6) is -3.06. The third kappa shape index (κ3) is 4.35. The van der Waals surface area contributed by atoms with Gasteiger partial charge in [0.25, 0.3) is 0 Å². The van der Waals surface area contributed by atoms with E-state index in [-0.39, 0.29) is 13.0 Å². The number of hydrogen-bond donors (Lipinski definition) is 4. The zero-order valence-corrected chi connectivity index (χ0v) is 10.8. The van der Waals surface area contributed by atoms with Crippen LogP contribution in [0, 0.1) is 0 Å². The molecular formula is C11H16N4O5. The molecule has 0 aliphatic heterocycles. The number of carbonyl (C=O) groups is 3. The maximum absolute atomic E-state index is 11.7. The number of carbonyl (C=O) groups excluding carboxylic acids is 2. The van der Waals surface area contributed by atoms with Crippen LogP contribution in [0.25, 0.3) is 0 Å². The van der Waals surface area contributed by atoms with Crippen LogP contribution in [0.3, 0.4) is 0 Å². The van der Waals surface area contributed by atoms with Gasteiger partial charge in [-0.25, -0.2) is 14.6 Å². The lowest BCUT2D eigenvalue weighted by molar-refractivity contribution is -0.150. The van der Waals surface area contributed by atoms with E-state index in [0.717, 1.165) is 0 Å². The standard InChI is InChI=1S/C11H16N4O5/c1-2-20-11(19)8(12)9(16)15-7(10(17)18)3-6-4-13-5-14-6/h4-5,7-8H,2-3,12H2,1H3,(H,13,14)(H,15,16)(H,17,18)/t7-,8?/m1/s1. The Balaban J connectivity index is 2.63. The number of ether oxygens (including phenoxy) is 1. The molecule has 0 radical (unpaired) electrons. The average molecular weight is 284 g/mol. The second kappa shape index (κ2) is 7.24. The van der Waals surface area contributed by atoms with Crippen molar-refractivity contribution in [1.29, 1.82) is 0 Å². The van der Waals surface area contributed by atoms with Crippen molar-refractivity contribution in [2.75, 3.05) is 6.61 Å². The second-order valence-electron chi connectivity index (χ2n) is 3.91. The summed E-state index contributed by atoms with van der Waals surface area (Å²) >= 11 is 0. The Kier molecular flexibility index (Phi) is 5.66. The topological polar surface area (TPSA) is 147 Å². The van der Waals surface area contributed by atoms with E-state index in [2.05, 4.69) is 20.0 Å². The first-order valence-corrected chi connectivity index (χ1v) is 5.88. The zero-order chi connectivity index (χ0) is 15.1. The van der Waals surface area contributed by atoms with Gasteiger partial charge in [-0.3, -0.25) is 4.79 Å². The van der Waals surface area contributed by atoms with Crippen molar-refractivity contribution < 1.29 is 24.2 Å². The lowest BCUT2D eigenvalue weighted by atomic mass is 10.1. The van der Waals surface area contributed by atoms with Crippen LogP contribution < -0.4 is 11.1 Å². The van der Waals surface area contributed by atoms with E-state index in [1.54, 1.807) is 6.92 Å². The number of aromatic nitrogens is 2. The largest absolute Gasteiger partial charge is 0.480 e. The molecule has 1 rings (SSSR count). The first kappa shape index (κ1) is 15.6. The highest BCUT2D eigenvalue weighted by atomic mass is 16.5. The highest BCUT2D eigenvalue weighted by Gasteiger charge is 2.28. The van der Waals surface area contributed by atoms with Crippen molar-refractivity contribution in [2.24, 2.45) is 5.73 Å². The predicted molar refractivity (Wildman–Crippen MR) is 66.5 cm³/mol. The van der Waals surface area contributed by atoms with Crippen molar-refractivity contribution in [3.05, 3.63) is 18.2 Å². The fourth-order valence-corrected chi connectivity index (χ4v) is 1.42. The number of H-pyrrole nitrogens is 1. The van der Waals surface area contributed by atoms with Crippen LogP contribution in [0.2, 0.25) is 0 Å². The molecule has 0 aromatic carbocycles. The summed E-state index contributed by atoms with van der Waals surface area (Å²) in [6.45, 7) is 1.65. The van der Waals surface area contributed by atoms with Gasteiger partial charge in [0.15, 0.2) is 6.04 Å². The molecule has 9 nitrogen and oxygen atoms in total. The van der Waals surface area contributed by atoms with Crippen LogP contribution in [0.15, 0.2) is 12.5 Å². The lowest BCUT2D eigenvalue weighted by Crippen LogP contribution is -2.52. The van der Waals surface area contributed by atoms with Crippen molar-refractivity contribution in [3.63, 3.8) is 0 Å². The fourth-order valence-electron chi connectivity index (χ4n) is 1.42. The van der Waals surface area contributed by atoms with E-state index in [0.29, 0.717) is 5.69 Å². The van der Waals surface area contributed by atoms with Gasteiger partial charge in [0.1, 0.15) is 6.04 Å². The van der Waals surface area contributed by atoms with Gasteiger partial charge in [0.2, 0.25) is 5.91 Å². The van der Waals surface area contributed by atoms with Gasteiger partial charge in [0, 0.05) is 18.3 Å². The Morgan fingerprint density at radius 3 is 2.75 bits per heavy atom. The number of rotatable bonds is 7. The number of imidazole rings is 1. The summed E-state index contributed by atoms with van der Waals surface area (Å²) in [7, 11) is 0. The first-order valence-electron chi connectivity index (χ1n) is 5.88. The number of esters is 1. The van der Waals surface area contributed by atoms with Crippen molar-refractivity contribution in [2.45, 2.75) is 25.4 Å². The summed E-state index contributed by atoms with van der Waals surface area (Å²) in [6, 6.07) is -2.78. The van der Waals surface area contributed by atoms with Crippen LogP contribution in [0.1, 0.15) is 12.6 Å². The van der Waals surface area contributed by atoms with Crippen LogP contribution >= 0.6 is 0 Å². The molecule has 2 atom stereocenters. The highest BCUT2D eigenvalue weighted by Crippen LogP contribution is 1.99. The second-order valence-corrected chi connectivity index (χ2v) is 3.91. The van der Waals surface area contributed by atoms with Crippen LogP contribution in [-0.2, 0) is 25.5 Å². The molecule has 0 saturated carbocycles. The number of aliphatic carboxylic acids is 1. The quantitative estimate of drug-likeness (QED) is 0.348. The van der Waals surface area contributed by atoms with Gasteiger partial charge in [0.05, 0.1) is 12.9 Å². The third-order valence-corrected chi connectivity index (χ3v) is 2.42. The SMILES string of the molecule is CCOC(=O)C(N)C(=O)N[C@H](Cc1cnc[nH]1)C(=O)O. The summed E-state index contributed by atoms with van der Waals surface area (Å²) in [6.07, 6.45) is 2.82. The van der Waals surface area contributed by atoms with Crippen LogP contribution in [0.4, 0.5) is 0 Å². The molecule has 0 aliphatic carbocycles. The maximum Gasteiger partial charge on any atom is 0.332 e. The number of carboxylic acids is 1. The number of aromatic amines is 1. The molecule has 110 valence electrons. The van der Waals surface area contributed by atoms with E-state index in [1.807, 2.05) is 0 Å². The van der Waals surface area contributed by atoms with Crippen molar-refractivity contribution >= 4 is 17.8 Å². The molecule has 0 fully saturated rings. The Labute approximate surface area is 114 Å². The molecule has 0 saturated heterocycles. The van der Waals surface area contributed by atoms with Gasteiger partial charge in [-0.15, -0.1) is 0 Å². The molecule has 1 unspecified atom stereocenters. The van der Waals surface area contributed by atoms with Crippen LogP contribution in [0.5, 0.6) is 0 Å². The Hall–Kier alpha value is -2.42. The molecule has 0 bridgehead atoms. The van der Waals surface area contributed by atoms with Gasteiger partial charge in [-0.05, 0) is 6.92 Å². The Morgan fingerprint density at radius 1 is 1.55 bits per heavy atom. The molecular weight excluding hydrogens is 268 g/mol. The summed E-state index contributed by atoms with van der Waals surface area (Å²) in [5.41, 5.74) is 5.90. The monoisotopic (exact) mass is 284 g/mol. The smallest absolute Gasteiger partial charge is 0.332 e. The first-order chi connectivity index (χ1) is 9.45. The molecule has 9 heteroatoms. The average Bonchev–Trinajstić information content (AvgIpc) is 2.90. The minimum absolute atomic E-state index is 0.00335. The molecule has 1 aromatic rings. The van der Waals surface area contributed by atoms with Gasteiger partial charge in [-0.1, -0.05) is 0 Å². The van der Waals surface area contributed by atoms with E-state index in [4.69, 9.17) is 10.8 Å².